The van der Waals surface area contributed by atoms with Gasteiger partial charge in [-0.25, -0.2) is 0 Å². The highest BCUT2D eigenvalue weighted by Crippen LogP contribution is 2.27. The molecular formula is C15H12ClN3OS. The lowest BCUT2D eigenvalue weighted by Gasteiger charge is -2.09. The number of halogens is 1. The van der Waals surface area contributed by atoms with E-state index in [1.807, 2.05) is 53.1 Å². The van der Waals surface area contributed by atoms with Crippen LogP contribution in [0.1, 0.15) is 0 Å². The SMILES string of the molecule is COc1ccc(-c2n[nH]c(=S)n2-c2ccccc2Cl)cc1. The third kappa shape index (κ3) is 2.57. The molecule has 0 unspecified atom stereocenters. The van der Waals surface area contributed by atoms with E-state index in [1.54, 1.807) is 7.11 Å². The first-order chi connectivity index (χ1) is 10.2. The van der Waals surface area contributed by atoms with Crippen LogP contribution in [-0.4, -0.2) is 21.9 Å². The van der Waals surface area contributed by atoms with Gasteiger partial charge in [0, 0.05) is 5.56 Å². The largest absolute Gasteiger partial charge is 0.497 e. The maximum absolute atomic E-state index is 6.27. The second-order valence-corrected chi connectivity index (χ2v) is 5.16. The number of hydrogen-bond donors (Lipinski definition) is 1. The minimum Gasteiger partial charge on any atom is -0.497 e. The fourth-order valence-electron chi connectivity index (χ4n) is 2.09. The lowest BCUT2D eigenvalue weighted by Crippen LogP contribution is -1.98. The molecule has 2 aromatic carbocycles. The van der Waals surface area contributed by atoms with Gasteiger partial charge in [0.25, 0.3) is 0 Å². The molecule has 0 radical (unpaired) electrons. The van der Waals surface area contributed by atoms with Crippen LogP contribution < -0.4 is 4.74 Å². The maximum atomic E-state index is 6.27. The molecule has 0 atom stereocenters. The van der Waals surface area contributed by atoms with Crippen LogP contribution in [0.4, 0.5) is 0 Å². The van der Waals surface area contributed by atoms with Gasteiger partial charge in [-0.2, -0.15) is 5.10 Å². The Bertz CT molecular complexity index is 823. The number of nitrogens with one attached hydrogen (secondary N) is 1. The molecular weight excluding hydrogens is 306 g/mol. The monoisotopic (exact) mass is 317 g/mol. The van der Waals surface area contributed by atoms with Crippen molar-refractivity contribution in [2.24, 2.45) is 0 Å². The summed E-state index contributed by atoms with van der Waals surface area (Å²) in [5.41, 5.74) is 1.71. The predicted molar refractivity (Wildman–Crippen MR) is 85.7 cm³/mol. The molecule has 0 spiro atoms. The Kier molecular flexibility index (Phi) is 3.77. The molecule has 3 aromatic rings. The molecule has 0 aliphatic heterocycles. The van der Waals surface area contributed by atoms with Crippen molar-refractivity contribution in [3.63, 3.8) is 0 Å². The number of methoxy groups -OCH3 is 1. The van der Waals surface area contributed by atoms with Gasteiger partial charge in [-0.15, -0.1) is 0 Å². The summed E-state index contributed by atoms with van der Waals surface area (Å²) < 4.78 is 7.48. The van der Waals surface area contributed by atoms with Crippen molar-refractivity contribution in [2.75, 3.05) is 7.11 Å². The summed E-state index contributed by atoms with van der Waals surface area (Å²) in [5, 5.41) is 7.74. The number of H-pyrrole nitrogens is 1. The fraction of sp³-hybridized carbons (Fsp3) is 0.0667. The normalized spacial score (nSPS) is 10.6. The number of aromatic amines is 1. The van der Waals surface area contributed by atoms with E-state index in [1.165, 1.54) is 0 Å². The van der Waals surface area contributed by atoms with Crippen molar-refractivity contribution in [3.8, 4) is 22.8 Å². The molecule has 6 heteroatoms. The molecule has 0 fully saturated rings. The van der Waals surface area contributed by atoms with E-state index in [9.17, 15) is 0 Å². The lowest BCUT2D eigenvalue weighted by atomic mass is 10.2. The van der Waals surface area contributed by atoms with Crippen LogP contribution in [-0.2, 0) is 0 Å². The molecule has 106 valence electrons. The number of para-hydroxylation sites is 1. The Hall–Kier alpha value is -2.11. The second-order valence-electron chi connectivity index (χ2n) is 4.37. The second kappa shape index (κ2) is 5.71. The summed E-state index contributed by atoms with van der Waals surface area (Å²) in [4.78, 5) is 0. The number of aromatic nitrogens is 3. The van der Waals surface area contributed by atoms with E-state index < -0.39 is 0 Å². The van der Waals surface area contributed by atoms with Gasteiger partial charge in [0.05, 0.1) is 17.8 Å². The van der Waals surface area contributed by atoms with Gasteiger partial charge >= 0.3 is 0 Å². The summed E-state index contributed by atoms with van der Waals surface area (Å²) >= 11 is 11.6. The molecule has 0 aliphatic carbocycles. The zero-order chi connectivity index (χ0) is 14.8. The van der Waals surface area contributed by atoms with Crippen molar-refractivity contribution >= 4 is 23.8 Å². The molecule has 4 nitrogen and oxygen atoms in total. The predicted octanol–water partition coefficient (Wildman–Crippen LogP) is 4.26. The average molecular weight is 318 g/mol. The quantitative estimate of drug-likeness (QED) is 0.734. The van der Waals surface area contributed by atoms with Crippen LogP contribution in [0.2, 0.25) is 5.02 Å². The van der Waals surface area contributed by atoms with Crippen LogP contribution in [0.3, 0.4) is 0 Å². The molecule has 0 bridgehead atoms. The summed E-state index contributed by atoms with van der Waals surface area (Å²) in [7, 11) is 1.63. The highest BCUT2D eigenvalue weighted by molar-refractivity contribution is 7.71. The van der Waals surface area contributed by atoms with Gasteiger partial charge in [0.1, 0.15) is 5.75 Å². The van der Waals surface area contributed by atoms with Gasteiger partial charge in [-0.3, -0.25) is 9.67 Å². The van der Waals surface area contributed by atoms with Crippen LogP contribution in [0.15, 0.2) is 48.5 Å². The average Bonchev–Trinajstić information content (AvgIpc) is 2.89. The number of nitrogens with zero attached hydrogens (tertiary/aromatic N) is 2. The highest BCUT2D eigenvalue weighted by atomic mass is 35.5. The molecule has 1 N–H and O–H groups in total. The van der Waals surface area contributed by atoms with E-state index in [4.69, 9.17) is 28.6 Å². The minimum absolute atomic E-state index is 0.494. The molecule has 3 rings (SSSR count). The van der Waals surface area contributed by atoms with E-state index >= 15 is 0 Å². The number of benzene rings is 2. The summed E-state index contributed by atoms with van der Waals surface area (Å²) in [5.74, 6) is 1.49. The van der Waals surface area contributed by atoms with Crippen LogP contribution in [0.25, 0.3) is 17.1 Å². The molecule has 21 heavy (non-hydrogen) atoms. The Morgan fingerprint density at radius 3 is 2.52 bits per heavy atom. The maximum Gasteiger partial charge on any atom is 0.200 e. The van der Waals surface area contributed by atoms with Crippen molar-refractivity contribution in [3.05, 3.63) is 58.3 Å². The van der Waals surface area contributed by atoms with Crippen LogP contribution in [0.5, 0.6) is 5.75 Å². The van der Waals surface area contributed by atoms with Gasteiger partial charge in [0.2, 0.25) is 0 Å². The zero-order valence-corrected chi connectivity index (χ0v) is 12.8. The Morgan fingerprint density at radius 2 is 1.86 bits per heavy atom. The molecule has 1 heterocycles. The van der Waals surface area contributed by atoms with Crippen molar-refractivity contribution < 1.29 is 4.74 Å². The zero-order valence-electron chi connectivity index (χ0n) is 11.2. The third-order valence-corrected chi connectivity index (χ3v) is 3.71. The number of rotatable bonds is 3. The van der Waals surface area contributed by atoms with Crippen molar-refractivity contribution in [1.29, 1.82) is 0 Å². The molecule has 0 saturated carbocycles. The number of hydrogen-bond acceptors (Lipinski definition) is 3. The highest BCUT2D eigenvalue weighted by Gasteiger charge is 2.12. The first-order valence-corrected chi connectivity index (χ1v) is 7.06. The first kappa shape index (κ1) is 13.9. The Labute approximate surface area is 132 Å². The third-order valence-electron chi connectivity index (χ3n) is 3.11. The van der Waals surface area contributed by atoms with Gasteiger partial charge < -0.3 is 4.74 Å². The van der Waals surface area contributed by atoms with E-state index in [2.05, 4.69) is 10.2 Å². The standard InChI is InChI=1S/C15H12ClN3OS/c1-20-11-8-6-10(7-9-11)14-17-18-15(21)19(14)13-5-3-2-4-12(13)16/h2-9H,1H3,(H,18,21). The lowest BCUT2D eigenvalue weighted by molar-refractivity contribution is 0.415. The van der Waals surface area contributed by atoms with Crippen LogP contribution >= 0.6 is 23.8 Å². The van der Waals surface area contributed by atoms with E-state index in [0.29, 0.717) is 15.6 Å². The Morgan fingerprint density at radius 1 is 1.14 bits per heavy atom. The molecule has 0 aliphatic rings. The van der Waals surface area contributed by atoms with E-state index in [0.717, 1.165) is 17.0 Å². The summed E-state index contributed by atoms with van der Waals surface area (Å²) in [6, 6.07) is 15.1. The smallest absolute Gasteiger partial charge is 0.200 e. The summed E-state index contributed by atoms with van der Waals surface area (Å²) in [6.07, 6.45) is 0. The van der Waals surface area contributed by atoms with Crippen molar-refractivity contribution in [1.82, 2.24) is 14.8 Å². The van der Waals surface area contributed by atoms with Gasteiger partial charge in [-0.05, 0) is 48.6 Å². The van der Waals surface area contributed by atoms with Crippen molar-refractivity contribution in [2.45, 2.75) is 0 Å². The summed E-state index contributed by atoms with van der Waals surface area (Å²) in [6.45, 7) is 0. The van der Waals surface area contributed by atoms with Gasteiger partial charge in [-0.1, -0.05) is 23.7 Å². The van der Waals surface area contributed by atoms with Crippen LogP contribution in [0, 0.1) is 4.77 Å². The van der Waals surface area contributed by atoms with Gasteiger partial charge in [0.15, 0.2) is 10.6 Å². The van der Waals surface area contributed by atoms with E-state index in [-0.39, 0.29) is 0 Å². The minimum atomic E-state index is 0.494. The molecule has 0 amide bonds. The Balaban J connectivity index is 2.17. The molecule has 1 aromatic heterocycles. The fourth-order valence-corrected chi connectivity index (χ4v) is 2.54. The first-order valence-electron chi connectivity index (χ1n) is 6.27. The number of ether oxygens (including phenoxy) is 1. The topological polar surface area (TPSA) is 42.8 Å². The molecule has 0 saturated heterocycles.